The predicted octanol–water partition coefficient (Wildman–Crippen LogP) is 4.43. The first-order chi connectivity index (χ1) is 15.1. The van der Waals surface area contributed by atoms with Crippen LogP contribution in [0.4, 0.5) is 11.8 Å². The molecule has 0 spiro atoms. The zero-order valence-corrected chi connectivity index (χ0v) is 17.5. The van der Waals surface area contributed by atoms with Crippen LogP contribution in [-0.2, 0) is 20.1 Å². The number of benzene rings is 2. The molecule has 0 fully saturated rings. The van der Waals surface area contributed by atoms with Gasteiger partial charge in [-0.05, 0) is 35.4 Å². The second-order valence-corrected chi connectivity index (χ2v) is 7.83. The van der Waals surface area contributed by atoms with E-state index in [0.717, 1.165) is 28.2 Å². The predicted molar refractivity (Wildman–Crippen MR) is 119 cm³/mol. The van der Waals surface area contributed by atoms with Gasteiger partial charge >= 0.3 is 0 Å². The summed E-state index contributed by atoms with van der Waals surface area (Å²) in [4.78, 5) is 23.7. The third kappa shape index (κ3) is 3.87. The molecule has 3 heterocycles. The molecule has 0 unspecified atom stereocenters. The molecule has 0 bridgehead atoms. The first kappa shape index (κ1) is 19.3. The van der Waals surface area contributed by atoms with Crippen LogP contribution in [-0.4, -0.2) is 30.6 Å². The Balaban J connectivity index is 1.38. The molecule has 0 atom stereocenters. The standard InChI is InChI=1S/C23H19ClN6O/c1-29-21(8-10-26-29)28-23-25-9-7-20(27-23)16-5-6-17-14-30(22(31)19(17)12-16)13-15-3-2-4-18(24)11-15/h2-12H,13-14H2,1H3,(H,25,27,28). The number of fused-ring (bicyclic) bond motifs is 1. The highest BCUT2D eigenvalue weighted by Crippen LogP contribution is 2.29. The Morgan fingerprint density at radius 1 is 1.10 bits per heavy atom. The zero-order valence-electron chi connectivity index (χ0n) is 16.8. The van der Waals surface area contributed by atoms with E-state index in [9.17, 15) is 4.79 Å². The minimum absolute atomic E-state index is 0.0131. The SMILES string of the molecule is Cn1nccc1Nc1nccc(-c2ccc3c(c2)C(=O)N(Cc2cccc(Cl)c2)C3)n1. The first-order valence-electron chi connectivity index (χ1n) is 9.82. The van der Waals surface area contributed by atoms with Gasteiger partial charge in [-0.3, -0.25) is 9.48 Å². The van der Waals surface area contributed by atoms with Gasteiger partial charge in [0.2, 0.25) is 5.95 Å². The quantitative estimate of drug-likeness (QED) is 0.507. The average Bonchev–Trinajstić information content (AvgIpc) is 3.31. The number of hydrogen-bond donors (Lipinski definition) is 1. The first-order valence-corrected chi connectivity index (χ1v) is 10.2. The molecule has 2 aromatic carbocycles. The molecule has 0 aliphatic carbocycles. The van der Waals surface area contributed by atoms with Gasteiger partial charge in [-0.2, -0.15) is 5.10 Å². The number of carbonyl (C=O) groups is 1. The van der Waals surface area contributed by atoms with Gasteiger partial charge < -0.3 is 10.2 Å². The Kier molecular flexibility index (Phi) is 4.88. The summed E-state index contributed by atoms with van der Waals surface area (Å²) in [5, 5.41) is 7.96. The highest BCUT2D eigenvalue weighted by molar-refractivity contribution is 6.30. The minimum atomic E-state index is 0.0131. The summed E-state index contributed by atoms with van der Waals surface area (Å²) < 4.78 is 1.71. The third-order valence-corrected chi connectivity index (χ3v) is 5.50. The van der Waals surface area contributed by atoms with Crippen LogP contribution in [0, 0.1) is 0 Å². The minimum Gasteiger partial charge on any atom is -0.330 e. The van der Waals surface area contributed by atoms with Crippen LogP contribution in [0.1, 0.15) is 21.5 Å². The summed E-state index contributed by atoms with van der Waals surface area (Å²) in [6.45, 7) is 1.10. The van der Waals surface area contributed by atoms with E-state index in [0.29, 0.717) is 29.6 Å². The van der Waals surface area contributed by atoms with Crippen molar-refractivity contribution in [2.45, 2.75) is 13.1 Å². The van der Waals surface area contributed by atoms with Crippen molar-refractivity contribution in [1.29, 1.82) is 0 Å². The summed E-state index contributed by atoms with van der Waals surface area (Å²) in [5.41, 5.74) is 4.34. The molecule has 1 aliphatic rings. The van der Waals surface area contributed by atoms with Crippen molar-refractivity contribution in [2.24, 2.45) is 7.05 Å². The van der Waals surface area contributed by atoms with Gasteiger partial charge in [0.25, 0.3) is 5.91 Å². The fourth-order valence-corrected chi connectivity index (χ4v) is 3.91. The second kappa shape index (κ2) is 7.85. The highest BCUT2D eigenvalue weighted by atomic mass is 35.5. The number of amides is 1. The van der Waals surface area contributed by atoms with Crippen molar-refractivity contribution in [1.82, 2.24) is 24.6 Å². The molecular formula is C23H19ClN6O. The summed E-state index contributed by atoms with van der Waals surface area (Å²) in [5.74, 6) is 1.27. The number of aryl methyl sites for hydroxylation is 1. The van der Waals surface area contributed by atoms with E-state index in [-0.39, 0.29) is 5.91 Å². The summed E-state index contributed by atoms with van der Waals surface area (Å²) >= 11 is 6.08. The van der Waals surface area contributed by atoms with Crippen molar-refractivity contribution in [3.8, 4) is 11.3 Å². The number of aromatic nitrogens is 4. The van der Waals surface area contributed by atoms with Crippen molar-refractivity contribution in [3.63, 3.8) is 0 Å². The average molecular weight is 431 g/mol. The maximum atomic E-state index is 13.0. The van der Waals surface area contributed by atoms with E-state index < -0.39 is 0 Å². The van der Waals surface area contributed by atoms with E-state index in [2.05, 4.69) is 20.4 Å². The number of nitrogens with one attached hydrogen (secondary N) is 1. The van der Waals surface area contributed by atoms with Crippen LogP contribution in [0.5, 0.6) is 0 Å². The Morgan fingerprint density at radius 2 is 2.00 bits per heavy atom. The molecule has 154 valence electrons. The van der Waals surface area contributed by atoms with E-state index >= 15 is 0 Å². The monoisotopic (exact) mass is 430 g/mol. The fourth-order valence-electron chi connectivity index (χ4n) is 3.69. The summed E-state index contributed by atoms with van der Waals surface area (Å²) in [6, 6.07) is 17.2. The van der Waals surface area contributed by atoms with Crippen LogP contribution in [0.3, 0.4) is 0 Å². The number of hydrogen-bond acceptors (Lipinski definition) is 5. The molecule has 2 aromatic heterocycles. The van der Waals surface area contributed by atoms with Gasteiger partial charge in [0.05, 0.1) is 11.9 Å². The normalized spacial score (nSPS) is 12.8. The number of anilines is 2. The smallest absolute Gasteiger partial charge is 0.254 e. The van der Waals surface area contributed by atoms with Gasteiger partial charge in [-0.25, -0.2) is 9.97 Å². The van der Waals surface area contributed by atoms with Crippen molar-refractivity contribution in [2.75, 3.05) is 5.32 Å². The van der Waals surface area contributed by atoms with Gasteiger partial charge in [-0.1, -0.05) is 35.9 Å². The molecule has 0 radical (unpaired) electrons. The topological polar surface area (TPSA) is 75.9 Å². The number of halogens is 1. The molecule has 0 saturated carbocycles. The Hall–Kier alpha value is -3.71. The Morgan fingerprint density at radius 3 is 2.81 bits per heavy atom. The van der Waals surface area contributed by atoms with E-state index in [4.69, 9.17) is 11.6 Å². The molecule has 4 aromatic rings. The molecule has 1 N–H and O–H groups in total. The maximum absolute atomic E-state index is 13.0. The van der Waals surface area contributed by atoms with Crippen molar-refractivity contribution in [3.05, 3.63) is 88.7 Å². The zero-order chi connectivity index (χ0) is 21.4. The van der Waals surface area contributed by atoms with Gasteiger partial charge in [-0.15, -0.1) is 0 Å². The summed E-state index contributed by atoms with van der Waals surface area (Å²) in [6.07, 6.45) is 3.40. The third-order valence-electron chi connectivity index (χ3n) is 5.26. The molecule has 5 rings (SSSR count). The molecule has 1 aliphatic heterocycles. The lowest BCUT2D eigenvalue weighted by Crippen LogP contribution is -2.23. The molecule has 0 saturated heterocycles. The lowest BCUT2D eigenvalue weighted by molar-refractivity contribution is 0.0766. The molecule has 1 amide bonds. The summed E-state index contributed by atoms with van der Waals surface area (Å²) in [7, 11) is 1.84. The molecular weight excluding hydrogens is 412 g/mol. The molecule has 8 heteroatoms. The van der Waals surface area contributed by atoms with Crippen LogP contribution in [0.25, 0.3) is 11.3 Å². The van der Waals surface area contributed by atoms with Crippen molar-refractivity contribution < 1.29 is 4.79 Å². The van der Waals surface area contributed by atoms with E-state index in [1.807, 2.05) is 66.5 Å². The maximum Gasteiger partial charge on any atom is 0.254 e. The van der Waals surface area contributed by atoms with Crippen LogP contribution in [0.15, 0.2) is 67.0 Å². The Labute approximate surface area is 184 Å². The van der Waals surface area contributed by atoms with Crippen molar-refractivity contribution >= 4 is 29.3 Å². The van der Waals surface area contributed by atoms with Crippen LogP contribution in [0.2, 0.25) is 5.02 Å². The van der Waals surface area contributed by atoms with E-state index in [1.165, 1.54) is 0 Å². The second-order valence-electron chi connectivity index (χ2n) is 7.39. The number of carbonyl (C=O) groups excluding carboxylic acids is 1. The lowest BCUT2D eigenvalue weighted by Gasteiger charge is -2.15. The van der Waals surface area contributed by atoms with Crippen LogP contribution >= 0.6 is 11.6 Å². The van der Waals surface area contributed by atoms with Gasteiger partial charge in [0, 0.05) is 48.5 Å². The van der Waals surface area contributed by atoms with E-state index in [1.54, 1.807) is 17.1 Å². The molecule has 31 heavy (non-hydrogen) atoms. The Bertz CT molecular complexity index is 1280. The lowest BCUT2D eigenvalue weighted by atomic mass is 10.0. The van der Waals surface area contributed by atoms with Crippen LogP contribution < -0.4 is 5.32 Å². The number of rotatable bonds is 5. The number of nitrogens with zero attached hydrogens (tertiary/aromatic N) is 5. The van der Waals surface area contributed by atoms with Gasteiger partial charge in [0.1, 0.15) is 5.82 Å². The molecule has 7 nitrogen and oxygen atoms in total. The highest BCUT2D eigenvalue weighted by Gasteiger charge is 2.27. The van der Waals surface area contributed by atoms with Gasteiger partial charge in [0.15, 0.2) is 0 Å². The largest absolute Gasteiger partial charge is 0.330 e. The fraction of sp³-hybridized carbons (Fsp3) is 0.130.